The first kappa shape index (κ1) is 13.9. The van der Waals surface area contributed by atoms with Gasteiger partial charge in [-0.15, -0.1) is 0 Å². The Morgan fingerprint density at radius 1 is 0.500 bits per heavy atom. The Morgan fingerprint density at radius 3 is 2.00 bits per heavy atom. The van der Waals surface area contributed by atoms with Gasteiger partial charge >= 0.3 is 0 Å². The number of fused-ring (bicyclic) bond motifs is 6. The van der Waals surface area contributed by atoms with Gasteiger partial charge in [-0.2, -0.15) is 0 Å². The third-order valence-electron chi connectivity index (χ3n) is 5.51. The van der Waals surface area contributed by atoms with Crippen LogP contribution in [-0.2, 0) is 12.8 Å². The van der Waals surface area contributed by atoms with E-state index < -0.39 is 0 Å². The molecule has 3 heterocycles. The highest BCUT2D eigenvalue weighted by Crippen LogP contribution is 2.46. The zero-order chi connectivity index (χ0) is 17.1. The molecule has 26 heavy (non-hydrogen) atoms. The average Bonchev–Trinajstić information content (AvgIpc) is 3.26. The van der Waals surface area contributed by atoms with Crippen molar-refractivity contribution in [3.63, 3.8) is 0 Å². The standard InChI is InChI=1S/C23H15N3/c1-4-14-16-6-2-9-24-20(16)12-19(14)15(5-1)17-8-11-26-22-13-21-18(23(17)22)7-3-10-25-21/h1-11H,12-13H2. The molecule has 1 aromatic carbocycles. The molecule has 3 nitrogen and oxygen atoms in total. The molecule has 0 amide bonds. The summed E-state index contributed by atoms with van der Waals surface area (Å²) in [6.07, 6.45) is 7.39. The lowest BCUT2D eigenvalue weighted by atomic mass is 9.91. The van der Waals surface area contributed by atoms with Crippen LogP contribution in [0.3, 0.4) is 0 Å². The summed E-state index contributed by atoms with van der Waals surface area (Å²) in [4.78, 5) is 13.8. The van der Waals surface area contributed by atoms with Crippen molar-refractivity contribution in [2.45, 2.75) is 12.8 Å². The van der Waals surface area contributed by atoms with Gasteiger partial charge < -0.3 is 0 Å². The number of hydrogen-bond acceptors (Lipinski definition) is 3. The van der Waals surface area contributed by atoms with Crippen molar-refractivity contribution >= 4 is 0 Å². The fourth-order valence-corrected chi connectivity index (χ4v) is 4.40. The van der Waals surface area contributed by atoms with Crippen LogP contribution in [0.4, 0.5) is 0 Å². The van der Waals surface area contributed by atoms with Gasteiger partial charge in [0.1, 0.15) is 0 Å². The van der Waals surface area contributed by atoms with Gasteiger partial charge in [-0.05, 0) is 40.5 Å². The van der Waals surface area contributed by atoms with E-state index in [-0.39, 0.29) is 0 Å². The molecule has 0 saturated carbocycles. The molecule has 0 N–H and O–H groups in total. The molecule has 0 spiro atoms. The maximum absolute atomic E-state index is 4.64. The molecule has 2 aliphatic rings. The molecular weight excluding hydrogens is 318 g/mol. The Kier molecular flexibility index (Phi) is 2.72. The molecule has 0 bridgehead atoms. The van der Waals surface area contributed by atoms with Crippen molar-refractivity contribution in [1.82, 2.24) is 15.0 Å². The van der Waals surface area contributed by atoms with E-state index in [1.807, 2.05) is 30.7 Å². The lowest BCUT2D eigenvalue weighted by molar-refractivity contribution is 1.06. The minimum Gasteiger partial charge on any atom is -0.260 e. The normalized spacial score (nSPS) is 13.1. The van der Waals surface area contributed by atoms with Gasteiger partial charge in [0.05, 0.1) is 17.1 Å². The Balaban J connectivity index is 1.62. The second-order valence-corrected chi connectivity index (χ2v) is 6.86. The quantitative estimate of drug-likeness (QED) is 0.438. The molecule has 0 saturated heterocycles. The Labute approximate surface area is 151 Å². The van der Waals surface area contributed by atoms with E-state index in [9.17, 15) is 0 Å². The molecule has 2 aliphatic carbocycles. The monoisotopic (exact) mass is 333 g/mol. The molecule has 0 aliphatic heterocycles. The Morgan fingerprint density at radius 2 is 1.15 bits per heavy atom. The van der Waals surface area contributed by atoms with Crippen LogP contribution in [0.2, 0.25) is 0 Å². The lowest BCUT2D eigenvalue weighted by Crippen LogP contribution is -1.93. The third kappa shape index (κ3) is 1.80. The minimum absolute atomic E-state index is 0.816. The summed E-state index contributed by atoms with van der Waals surface area (Å²) in [5.74, 6) is 0. The fourth-order valence-electron chi connectivity index (χ4n) is 4.40. The van der Waals surface area contributed by atoms with Crippen LogP contribution in [0.1, 0.15) is 22.6 Å². The van der Waals surface area contributed by atoms with E-state index in [1.165, 1.54) is 44.6 Å². The van der Waals surface area contributed by atoms with E-state index in [1.54, 1.807) is 0 Å². The number of hydrogen-bond donors (Lipinski definition) is 0. The van der Waals surface area contributed by atoms with Crippen molar-refractivity contribution < 1.29 is 0 Å². The van der Waals surface area contributed by atoms with Crippen molar-refractivity contribution in [3.8, 4) is 33.4 Å². The van der Waals surface area contributed by atoms with E-state index in [2.05, 4.69) is 51.4 Å². The fraction of sp³-hybridized carbons (Fsp3) is 0.0870. The summed E-state index contributed by atoms with van der Waals surface area (Å²) in [7, 11) is 0. The first-order valence-corrected chi connectivity index (χ1v) is 8.89. The Hall–Kier alpha value is -3.33. The second kappa shape index (κ2) is 5.09. The predicted octanol–water partition coefficient (Wildman–Crippen LogP) is 4.68. The summed E-state index contributed by atoms with van der Waals surface area (Å²) < 4.78 is 0. The molecule has 4 aromatic rings. The van der Waals surface area contributed by atoms with Crippen molar-refractivity contribution in [3.05, 3.63) is 89.8 Å². The maximum atomic E-state index is 4.64. The van der Waals surface area contributed by atoms with Gasteiger partial charge in [0.15, 0.2) is 0 Å². The SMILES string of the molecule is c1cnc2c(c1)-c1cccc(-c3ccnc4c3-c3cccnc3C4)c1C2. The molecule has 122 valence electrons. The topological polar surface area (TPSA) is 38.7 Å². The van der Waals surface area contributed by atoms with Crippen LogP contribution >= 0.6 is 0 Å². The smallest absolute Gasteiger partial charge is 0.0548 e. The van der Waals surface area contributed by atoms with Crippen molar-refractivity contribution in [2.75, 3.05) is 0 Å². The molecule has 6 rings (SSSR count). The first-order valence-electron chi connectivity index (χ1n) is 8.89. The van der Waals surface area contributed by atoms with Gasteiger partial charge in [0.25, 0.3) is 0 Å². The van der Waals surface area contributed by atoms with Crippen LogP contribution in [0.25, 0.3) is 33.4 Å². The van der Waals surface area contributed by atoms with Crippen LogP contribution in [-0.4, -0.2) is 15.0 Å². The van der Waals surface area contributed by atoms with E-state index >= 15 is 0 Å². The molecule has 3 heteroatoms. The number of pyridine rings is 3. The maximum Gasteiger partial charge on any atom is 0.0548 e. The third-order valence-corrected chi connectivity index (χ3v) is 5.51. The summed E-state index contributed by atoms with van der Waals surface area (Å²) in [6, 6.07) is 17.1. The highest BCUT2D eigenvalue weighted by molar-refractivity contribution is 5.93. The van der Waals surface area contributed by atoms with Crippen LogP contribution in [0.15, 0.2) is 67.1 Å². The number of nitrogens with zero attached hydrogens (tertiary/aromatic N) is 3. The largest absolute Gasteiger partial charge is 0.260 e. The minimum atomic E-state index is 0.816. The summed E-state index contributed by atoms with van der Waals surface area (Å²) in [6.45, 7) is 0. The van der Waals surface area contributed by atoms with E-state index in [0.29, 0.717) is 0 Å². The highest BCUT2D eigenvalue weighted by atomic mass is 14.7. The number of rotatable bonds is 1. The predicted molar refractivity (Wildman–Crippen MR) is 102 cm³/mol. The van der Waals surface area contributed by atoms with Crippen LogP contribution in [0, 0.1) is 0 Å². The van der Waals surface area contributed by atoms with E-state index in [0.717, 1.165) is 24.2 Å². The molecule has 0 fully saturated rings. The first-order chi connectivity index (χ1) is 12.9. The molecule has 3 aromatic heterocycles. The average molecular weight is 333 g/mol. The van der Waals surface area contributed by atoms with Gasteiger partial charge in [0, 0.05) is 48.1 Å². The summed E-state index contributed by atoms with van der Waals surface area (Å²) in [5, 5.41) is 0. The summed E-state index contributed by atoms with van der Waals surface area (Å²) >= 11 is 0. The zero-order valence-electron chi connectivity index (χ0n) is 14.1. The molecular formula is C23H15N3. The van der Waals surface area contributed by atoms with E-state index in [4.69, 9.17) is 0 Å². The van der Waals surface area contributed by atoms with Crippen molar-refractivity contribution in [2.24, 2.45) is 0 Å². The highest BCUT2D eigenvalue weighted by Gasteiger charge is 2.27. The summed E-state index contributed by atoms with van der Waals surface area (Å²) in [5.41, 5.74) is 12.4. The number of benzene rings is 1. The van der Waals surface area contributed by atoms with Gasteiger partial charge in [-0.1, -0.05) is 30.3 Å². The molecule has 0 unspecified atom stereocenters. The van der Waals surface area contributed by atoms with Gasteiger partial charge in [-0.25, -0.2) is 0 Å². The van der Waals surface area contributed by atoms with Crippen LogP contribution in [0.5, 0.6) is 0 Å². The molecule has 0 radical (unpaired) electrons. The van der Waals surface area contributed by atoms with Gasteiger partial charge in [0.2, 0.25) is 0 Å². The molecule has 0 atom stereocenters. The number of aromatic nitrogens is 3. The lowest BCUT2D eigenvalue weighted by Gasteiger charge is -2.13. The second-order valence-electron chi connectivity index (χ2n) is 6.86. The van der Waals surface area contributed by atoms with Crippen LogP contribution < -0.4 is 0 Å². The Bertz CT molecular complexity index is 1190. The van der Waals surface area contributed by atoms with Crippen molar-refractivity contribution in [1.29, 1.82) is 0 Å². The zero-order valence-corrected chi connectivity index (χ0v) is 14.1. The van der Waals surface area contributed by atoms with Gasteiger partial charge in [-0.3, -0.25) is 15.0 Å².